The third kappa shape index (κ3) is 9.64. The summed E-state index contributed by atoms with van der Waals surface area (Å²) in [5, 5.41) is 20.2. The number of guanidine groups is 1. The van der Waals surface area contributed by atoms with Crippen molar-refractivity contribution in [1.82, 2.24) is 21.3 Å². The Hall–Kier alpha value is -4.94. The molecule has 0 radical (unpaired) electrons. The molecule has 0 spiro atoms. The SMILES string of the molecule is NC(N)=NCCCC1NC(=O)C(Cc2ccccc2)NC(=O)C(NC(=O)c2ccccc2)CCC(C(=O)O)NC1=O. The van der Waals surface area contributed by atoms with Crippen molar-refractivity contribution < 1.29 is 29.1 Å². The van der Waals surface area contributed by atoms with E-state index in [-0.39, 0.29) is 38.2 Å². The van der Waals surface area contributed by atoms with Gasteiger partial charge in [0.25, 0.3) is 5.91 Å². The van der Waals surface area contributed by atoms with Crippen LogP contribution in [0.15, 0.2) is 65.7 Å². The Kier molecular flexibility index (Phi) is 11.2. The molecule has 3 rings (SSSR count). The van der Waals surface area contributed by atoms with Gasteiger partial charge in [-0.1, -0.05) is 48.5 Å². The second kappa shape index (κ2) is 15.0. The van der Waals surface area contributed by atoms with Crippen molar-refractivity contribution in [3.63, 3.8) is 0 Å². The first-order valence-corrected chi connectivity index (χ1v) is 13.2. The number of carboxylic acid groups (broad SMARTS) is 1. The van der Waals surface area contributed by atoms with Gasteiger partial charge in [0.1, 0.15) is 24.2 Å². The zero-order valence-corrected chi connectivity index (χ0v) is 22.4. The first-order chi connectivity index (χ1) is 19.6. The van der Waals surface area contributed by atoms with Gasteiger partial charge in [0.15, 0.2) is 5.96 Å². The molecule has 4 unspecified atom stereocenters. The maximum Gasteiger partial charge on any atom is 0.326 e. The lowest BCUT2D eigenvalue weighted by atomic mass is 10.00. The second-order valence-corrected chi connectivity index (χ2v) is 9.63. The Morgan fingerprint density at radius 2 is 1.46 bits per heavy atom. The summed E-state index contributed by atoms with van der Waals surface area (Å²) in [5.41, 5.74) is 11.8. The van der Waals surface area contributed by atoms with Crippen LogP contribution in [0.4, 0.5) is 0 Å². The van der Waals surface area contributed by atoms with Crippen LogP contribution in [-0.4, -0.2) is 71.4 Å². The largest absolute Gasteiger partial charge is 0.480 e. The van der Waals surface area contributed by atoms with E-state index in [1.54, 1.807) is 54.6 Å². The number of amides is 4. The van der Waals surface area contributed by atoms with E-state index in [9.17, 15) is 29.1 Å². The molecule has 0 saturated carbocycles. The highest BCUT2D eigenvalue weighted by Gasteiger charge is 2.33. The summed E-state index contributed by atoms with van der Waals surface area (Å²) in [6.45, 7) is 0.192. The lowest BCUT2D eigenvalue weighted by Gasteiger charge is -2.28. The molecule has 4 amide bonds. The predicted octanol–water partition coefficient (Wildman–Crippen LogP) is -0.586. The van der Waals surface area contributed by atoms with Crippen molar-refractivity contribution in [3.05, 3.63) is 71.8 Å². The minimum atomic E-state index is -1.37. The maximum absolute atomic E-state index is 13.5. The van der Waals surface area contributed by atoms with Gasteiger partial charge < -0.3 is 37.8 Å². The first-order valence-electron chi connectivity index (χ1n) is 13.2. The fourth-order valence-corrected chi connectivity index (χ4v) is 4.34. The number of aliphatic imine (C=N–C) groups is 1. The summed E-state index contributed by atoms with van der Waals surface area (Å²) in [5.74, 6) is -4.00. The zero-order chi connectivity index (χ0) is 29.8. The maximum atomic E-state index is 13.5. The molecule has 41 heavy (non-hydrogen) atoms. The third-order valence-electron chi connectivity index (χ3n) is 6.51. The fraction of sp³-hybridized carbons (Fsp3) is 0.357. The average molecular weight is 566 g/mol. The van der Waals surface area contributed by atoms with E-state index in [1.807, 2.05) is 6.07 Å². The Morgan fingerprint density at radius 3 is 2.10 bits per heavy atom. The van der Waals surface area contributed by atoms with E-state index in [2.05, 4.69) is 26.3 Å². The second-order valence-electron chi connectivity index (χ2n) is 9.63. The highest BCUT2D eigenvalue weighted by atomic mass is 16.4. The van der Waals surface area contributed by atoms with Crippen LogP contribution in [-0.2, 0) is 25.6 Å². The van der Waals surface area contributed by atoms with E-state index < -0.39 is 53.8 Å². The minimum absolute atomic E-state index is 0.109. The lowest BCUT2D eigenvalue weighted by molar-refractivity contribution is -0.143. The van der Waals surface area contributed by atoms with E-state index in [0.29, 0.717) is 12.0 Å². The molecule has 1 heterocycles. The average Bonchev–Trinajstić information content (AvgIpc) is 2.95. The van der Waals surface area contributed by atoms with Crippen LogP contribution in [0.2, 0.25) is 0 Å². The smallest absolute Gasteiger partial charge is 0.326 e. The number of carboxylic acids is 1. The molecule has 0 aromatic heterocycles. The number of nitrogens with one attached hydrogen (secondary N) is 4. The highest BCUT2D eigenvalue weighted by molar-refractivity contribution is 5.99. The van der Waals surface area contributed by atoms with Crippen molar-refractivity contribution in [2.75, 3.05) is 6.54 Å². The summed E-state index contributed by atoms with van der Waals surface area (Å²) in [6, 6.07) is 12.4. The number of carbonyl (C=O) groups excluding carboxylic acids is 4. The molecule has 4 atom stereocenters. The van der Waals surface area contributed by atoms with Crippen LogP contribution < -0.4 is 32.7 Å². The van der Waals surface area contributed by atoms with Gasteiger partial charge in [-0.15, -0.1) is 0 Å². The number of carbonyl (C=O) groups is 5. The van der Waals surface area contributed by atoms with Crippen molar-refractivity contribution >= 4 is 35.6 Å². The Balaban J connectivity index is 1.89. The van der Waals surface area contributed by atoms with Gasteiger partial charge in [-0.25, -0.2) is 4.79 Å². The van der Waals surface area contributed by atoms with Gasteiger partial charge in [0, 0.05) is 18.5 Å². The number of benzene rings is 2. The molecule has 2 aromatic rings. The highest BCUT2D eigenvalue weighted by Crippen LogP contribution is 2.11. The Labute approximate surface area is 237 Å². The monoisotopic (exact) mass is 565 g/mol. The van der Waals surface area contributed by atoms with E-state index >= 15 is 0 Å². The topological polar surface area (TPSA) is 218 Å². The van der Waals surface area contributed by atoms with Gasteiger partial charge in [0.05, 0.1) is 0 Å². The Bertz CT molecular complexity index is 1250. The fourth-order valence-electron chi connectivity index (χ4n) is 4.34. The first kappa shape index (κ1) is 30.6. The van der Waals surface area contributed by atoms with Gasteiger partial charge in [0.2, 0.25) is 17.7 Å². The van der Waals surface area contributed by atoms with Gasteiger partial charge in [-0.3, -0.25) is 24.2 Å². The number of aliphatic carboxylic acids is 1. The van der Waals surface area contributed by atoms with Crippen LogP contribution in [0.25, 0.3) is 0 Å². The molecule has 1 fully saturated rings. The molecule has 0 aliphatic carbocycles. The quantitative estimate of drug-likeness (QED) is 0.118. The lowest BCUT2D eigenvalue weighted by Crippen LogP contribution is -2.59. The van der Waals surface area contributed by atoms with Crippen molar-refractivity contribution in [2.45, 2.75) is 56.3 Å². The molecule has 1 saturated heterocycles. The van der Waals surface area contributed by atoms with Crippen LogP contribution in [0.3, 0.4) is 0 Å². The van der Waals surface area contributed by atoms with Crippen LogP contribution in [0.5, 0.6) is 0 Å². The number of nitrogens with two attached hydrogens (primary N) is 2. The normalized spacial score (nSPS) is 21.6. The molecule has 13 nitrogen and oxygen atoms in total. The zero-order valence-electron chi connectivity index (χ0n) is 22.4. The molecule has 218 valence electrons. The summed E-state index contributed by atoms with van der Waals surface area (Å²) >= 11 is 0. The standard InChI is InChI=1S/C28H35N7O6/c29-28(30)31-15-7-12-19-24(37)34-21(27(40)41)14-13-20(32-23(36)18-10-5-2-6-11-18)25(38)35-22(26(39)33-19)16-17-8-3-1-4-9-17/h1-6,8-11,19-22H,7,12-16H2,(H,32,36)(H,33,39)(H,34,37)(H,35,38)(H,40,41)(H4,29,30,31). The summed E-state index contributed by atoms with van der Waals surface area (Å²) in [7, 11) is 0. The molecular weight excluding hydrogens is 530 g/mol. The molecule has 0 bridgehead atoms. The number of rotatable bonds is 9. The van der Waals surface area contributed by atoms with Crippen molar-refractivity contribution in [2.24, 2.45) is 16.5 Å². The summed E-state index contributed by atoms with van der Waals surface area (Å²) in [4.78, 5) is 68.8. The van der Waals surface area contributed by atoms with Crippen LogP contribution in [0, 0.1) is 0 Å². The Morgan fingerprint density at radius 1 is 0.854 bits per heavy atom. The minimum Gasteiger partial charge on any atom is -0.480 e. The van der Waals surface area contributed by atoms with E-state index in [4.69, 9.17) is 11.5 Å². The molecule has 9 N–H and O–H groups in total. The van der Waals surface area contributed by atoms with Crippen molar-refractivity contribution in [3.8, 4) is 0 Å². The predicted molar refractivity (Wildman–Crippen MR) is 150 cm³/mol. The molecule has 1 aliphatic heterocycles. The number of hydrogen-bond donors (Lipinski definition) is 7. The van der Waals surface area contributed by atoms with E-state index in [0.717, 1.165) is 5.56 Å². The summed E-state index contributed by atoms with van der Waals surface area (Å²) in [6.07, 6.45) is 0.264. The van der Waals surface area contributed by atoms with Crippen molar-refractivity contribution in [1.29, 1.82) is 0 Å². The molecule has 13 heteroatoms. The van der Waals surface area contributed by atoms with Gasteiger partial charge in [-0.2, -0.15) is 0 Å². The van der Waals surface area contributed by atoms with Crippen LogP contribution >= 0.6 is 0 Å². The number of nitrogens with zero attached hydrogens (tertiary/aromatic N) is 1. The summed E-state index contributed by atoms with van der Waals surface area (Å²) < 4.78 is 0. The molecule has 1 aliphatic rings. The third-order valence-corrected chi connectivity index (χ3v) is 6.51. The molecule has 2 aromatic carbocycles. The van der Waals surface area contributed by atoms with Gasteiger partial charge in [-0.05, 0) is 43.4 Å². The molecular formula is C28H35N7O6. The van der Waals surface area contributed by atoms with E-state index in [1.165, 1.54) is 0 Å². The number of hydrogen-bond acceptors (Lipinski definition) is 6. The van der Waals surface area contributed by atoms with Gasteiger partial charge >= 0.3 is 5.97 Å². The van der Waals surface area contributed by atoms with Crippen LogP contribution in [0.1, 0.15) is 41.6 Å².